The maximum absolute atomic E-state index is 13.0. The van der Waals surface area contributed by atoms with Gasteiger partial charge in [-0.05, 0) is 38.7 Å². The molecule has 1 amide bonds. The number of amides is 1. The highest BCUT2D eigenvalue weighted by molar-refractivity contribution is 6.11. The van der Waals surface area contributed by atoms with Gasteiger partial charge in [0.2, 0.25) is 11.7 Å². The van der Waals surface area contributed by atoms with Gasteiger partial charge in [0.05, 0.1) is 0 Å². The van der Waals surface area contributed by atoms with Crippen LogP contribution in [0.4, 0.5) is 0 Å². The summed E-state index contributed by atoms with van der Waals surface area (Å²) in [5, 5.41) is 3.53. The highest BCUT2D eigenvalue weighted by Crippen LogP contribution is 2.29. The van der Waals surface area contributed by atoms with Crippen molar-refractivity contribution in [3.05, 3.63) is 35.5 Å². The molecule has 2 atom stereocenters. The standard InChI is InChI=1S/C21H26N2O4/c1-12-18(16-10-6-7-11-17(16)22-12)20(25)13(2)27-21(26)19(23-14(3)24)15-8-4-5-9-15/h6-7,10-11,13,15,19,22H,4-5,8-9H2,1-3H3,(H,23,24). The molecule has 1 heterocycles. The Morgan fingerprint density at radius 1 is 1.19 bits per heavy atom. The molecule has 2 unspecified atom stereocenters. The van der Waals surface area contributed by atoms with Gasteiger partial charge in [0.15, 0.2) is 6.10 Å². The Hall–Kier alpha value is -2.63. The number of ether oxygens (including phenoxy) is 1. The van der Waals surface area contributed by atoms with E-state index in [0.29, 0.717) is 5.56 Å². The fraction of sp³-hybridized carbons (Fsp3) is 0.476. The lowest BCUT2D eigenvalue weighted by molar-refractivity contribution is -0.151. The lowest BCUT2D eigenvalue weighted by atomic mass is 9.98. The van der Waals surface area contributed by atoms with Gasteiger partial charge in [0.25, 0.3) is 0 Å². The number of aromatic amines is 1. The van der Waals surface area contributed by atoms with E-state index < -0.39 is 18.1 Å². The van der Waals surface area contributed by atoms with Crippen LogP contribution in [0.3, 0.4) is 0 Å². The van der Waals surface area contributed by atoms with Crippen molar-refractivity contribution in [1.29, 1.82) is 0 Å². The molecule has 6 nitrogen and oxygen atoms in total. The maximum atomic E-state index is 13.0. The number of ketones is 1. The highest BCUT2D eigenvalue weighted by atomic mass is 16.5. The van der Waals surface area contributed by atoms with E-state index in [2.05, 4.69) is 10.3 Å². The van der Waals surface area contributed by atoms with Gasteiger partial charge >= 0.3 is 5.97 Å². The molecule has 2 N–H and O–H groups in total. The van der Waals surface area contributed by atoms with Gasteiger partial charge in [-0.1, -0.05) is 31.0 Å². The van der Waals surface area contributed by atoms with E-state index in [1.165, 1.54) is 6.92 Å². The summed E-state index contributed by atoms with van der Waals surface area (Å²) in [6.07, 6.45) is 2.91. The first-order chi connectivity index (χ1) is 12.9. The molecule has 0 saturated heterocycles. The third kappa shape index (κ3) is 4.04. The van der Waals surface area contributed by atoms with Crippen molar-refractivity contribution in [3.8, 4) is 0 Å². The van der Waals surface area contributed by atoms with Crippen LogP contribution >= 0.6 is 0 Å². The van der Waals surface area contributed by atoms with Crippen LogP contribution in [0.1, 0.15) is 55.6 Å². The number of carbonyl (C=O) groups excluding carboxylic acids is 3. The van der Waals surface area contributed by atoms with E-state index in [9.17, 15) is 14.4 Å². The molecule has 0 aliphatic heterocycles. The van der Waals surface area contributed by atoms with Crippen LogP contribution in [0, 0.1) is 12.8 Å². The Bertz CT molecular complexity index is 864. The Kier molecular flexibility index (Phi) is 5.63. The van der Waals surface area contributed by atoms with Crippen molar-refractivity contribution in [2.24, 2.45) is 5.92 Å². The Morgan fingerprint density at radius 3 is 2.52 bits per heavy atom. The number of H-pyrrole nitrogens is 1. The minimum atomic E-state index is -0.923. The maximum Gasteiger partial charge on any atom is 0.329 e. The predicted octanol–water partition coefficient (Wildman–Crippen LogP) is 3.29. The highest BCUT2D eigenvalue weighted by Gasteiger charge is 2.34. The Balaban J connectivity index is 1.77. The van der Waals surface area contributed by atoms with Crippen molar-refractivity contribution >= 4 is 28.6 Å². The third-order valence-corrected chi connectivity index (χ3v) is 5.29. The number of hydrogen-bond acceptors (Lipinski definition) is 4. The van der Waals surface area contributed by atoms with Crippen molar-refractivity contribution in [3.63, 3.8) is 0 Å². The number of rotatable bonds is 6. The average Bonchev–Trinajstić information content (AvgIpc) is 3.25. The number of para-hydroxylation sites is 1. The van der Waals surface area contributed by atoms with E-state index >= 15 is 0 Å². The van der Waals surface area contributed by atoms with Gasteiger partial charge in [-0.15, -0.1) is 0 Å². The molecule has 1 aliphatic carbocycles. The van der Waals surface area contributed by atoms with Crippen molar-refractivity contribution < 1.29 is 19.1 Å². The molecule has 0 bridgehead atoms. The summed E-state index contributed by atoms with van der Waals surface area (Å²) in [4.78, 5) is 40.4. The zero-order chi connectivity index (χ0) is 19.6. The van der Waals surface area contributed by atoms with Crippen molar-refractivity contribution in [2.45, 2.75) is 58.6 Å². The number of benzene rings is 1. The molecule has 0 spiro atoms. The fourth-order valence-corrected chi connectivity index (χ4v) is 3.98. The minimum absolute atomic E-state index is 0.0681. The number of esters is 1. The smallest absolute Gasteiger partial charge is 0.329 e. The van der Waals surface area contributed by atoms with Crippen LogP contribution in [-0.4, -0.2) is 34.8 Å². The third-order valence-electron chi connectivity index (χ3n) is 5.29. The molecule has 6 heteroatoms. The topological polar surface area (TPSA) is 88.3 Å². The number of carbonyl (C=O) groups is 3. The van der Waals surface area contributed by atoms with Gasteiger partial charge in [0.1, 0.15) is 6.04 Å². The SMILES string of the molecule is CC(=O)NC(C(=O)OC(C)C(=O)c1c(C)[nH]c2ccccc12)C1CCCC1. The second-order valence-electron chi connectivity index (χ2n) is 7.34. The summed E-state index contributed by atoms with van der Waals surface area (Å²) >= 11 is 0. The monoisotopic (exact) mass is 370 g/mol. The number of Topliss-reactive ketones (excluding diaryl/α,β-unsaturated/α-hetero) is 1. The van der Waals surface area contributed by atoms with E-state index in [-0.39, 0.29) is 17.6 Å². The predicted molar refractivity (Wildman–Crippen MR) is 102 cm³/mol. The van der Waals surface area contributed by atoms with E-state index in [1.807, 2.05) is 31.2 Å². The summed E-state index contributed by atoms with van der Waals surface area (Å²) in [6, 6.07) is 6.86. The van der Waals surface area contributed by atoms with Gasteiger partial charge < -0.3 is 15.0 Å². The largest absolute Gasteiger partial charge is 0.453 e. The van der Waals surface area contributed by atoms with Gasteiger partial charge in [-0.25, -0.2) is 4.79 Å². The molecule has 27 heavy (non-hydrogen) atoms. The minimum Gasteiger partial charge on any atom is -0.453 e. The molecular formula is C21H26N2O4. The molecule has 1 aliphatic rings. The summed E-state index contributed by atoms with van der Waals surface area (Å²) in [7, 11) is 0. The molecule has 1 fully saturated rings. The average molecular weight is 370 g/mol. The molecule has 1 aromatic carbocycles. The van der Waals surface area contributed by atoms with Crippen LogP contribution in [-0.2, 0) is 14.3 Å². The summed E-state index contributed by atoms with van der Waals surface area (Å²) < 4.78 is 5.50. The van der Waals surface area contributed by atoms with Gasteiger partial charge in [-0.3, -0.25) is 9.59 Å². The van der Waals surface area contributed by atoms with Gasteiger partial charge in [0, 0.05) is 29.1 Å². The number of aryl methyl sites for hydroxylation is 1. The second-order valence-corrected chi connectivity index (χ2v) is 7.34. The van der Waals surface area contributed by atoms with Crippen LogP contribution in [0.15, 0.2) is 24.3 Å². The lowest BCUT2D eigenvalue weighted by Crippen LogP contribution is -2.46. The van der Waals surface area contributed by atoms with Crippen LogP contribution in [0.2, 0.25) is 0 Å². The first kappa shape index (κ1) is 19.1. The fourth-order valence-electron chi connectivity index (χ4n) is 3.98. The van der Waals surface area contributed by atoms with E-state index in [0.717, 1.165) is 42.3 Å². The molecule has 3 rings (SSSR count). The molecule has 2 aromatic rings. The van der Waals surface area contributed by atoms with Crippen LogP contribution in [0.25, 0.3) is 10.9 Å². The molecular weight excluding hydrogens is 344 g/mol. The Labute approximate surface area is 158 Å². The summed E-state index contributed by atoms with van der Waals surface area (Å²) in [5.41, 5.74) is 2.17. The first-order valence-corrected chi connectivity index (χ1v) is 9.47. The molecule has 144 valence electrons. The second kappa shape index (κ2) is 7.94. The summed E-state index contributed by atoms with van der Waals surface area (Å²) in [5.74, 6) is -0.976. The van der Waals surface area contributed by atoms with Crippen LogP contribution in [0.5, 0.6) is 0 Å². The normalized spacial score (nSPS) is 16.9. The lowest BCUT2D eigenvalue weighted by Gasteiger charge is -2.24. The molecule has 1 aromatic heterocycles. The molecule has 1 saturated carbocycles. The zero-order valence-electron chi connectivity index (χ0n) is 16.0. The number of aromatic nitrogens is 1. The quantitative estimate of drug-likeness (QED) is 0.603. The first-order valence-electron chi connectivity index (χ1n) is 9.47. The van der Waals surface area contributed by atoms with E-state index in [4.69, 9.17) is 4.74 Å². The number of hydrogen-bond donors (Lipinski definition) is 2. The summed E-state index contributed by atoms with van der Waals surface area (Å²) in [6.45, 7) is 4.81. The van der Waals surface area contributed by atoms with E-state index in [1.54, 1.807) is 6.92 Å². The number of nitrogens with one attached hydrogen (secondary N) is 2. The zero-order valence-corrected chi connectivity index (χ0v) is 16.0. The van der Waals surface area contributed by atoms with Gasteiger partial charge in [-0.2, -0.15) is 0 Å². The number of fused-ring (bicyclic) bond motifs is 1. The Morgan fingerprint density at radius 2 is 1.85 bits per heavy atom. The van der Waals surface area contributed by atoms with Crippen molar-refractivity contribution in [1.82, 2.24) is 10.3 Å². The molecule has 0 radical (unpaired) electrons. The van der Waals surface area contributed by atoms with Crippen LogP contribution < -0.4 is 5.32 Å². The van der Waals surface area contributed by atoms with Crippen molar-refractivity contribution in [2.75, 3.05) is 0 Å².